The molecule has 0 radical (unpaired) electrons. The first-order valence-electron chi connectivity index (χ1n) is 14.1. The number of nitrogens with one attached hydrogen (secondary N) is 1. The van der Waals surface area contributed by atoms with Crippen LogP contribution in [0.25, 0.3) is 0 Å². The number of nitrogens with two attached hydrogens (primary N) is 1. The van der Waals surface area contributed by atoms with E-state index in [9.17, 15) is 31.5 Å². The second-order valence-corrected chi connectivity index (χ2v) is 11.7. The van der Waals surface area contributed by atoms with Gasteiger partial charge in [-0.1, -0.05) is 12.1 Å². The zero-order valence-corrected chi connectivity index (χ0v) is 23.2. The van der Waals surface area contributed by atoms with E-state index in [0.717, 1.165) is 6.07 Å². The Bertz CT molecular complexity index is 1420. The molecule has 2 aliphatic heterocycles. The van der Waals surface area contributed by atoms with Crippen LogP contribution in [0.5, 0.6) is 0 Å². The molecule has 2 aromatic rings. The molecule has 3 aliphatic rings. The van der Waals surface area contributed by atoms with Gasteiger partial charge in [-0.3, -0.25) is 9.59 Å². The Morgan fingerprint density at radius 2 is 1.81 bits per heavy atom. The van der Waals surface area contributed by atoms with Gasteiger partial charge in [0.05, 0.1) is 0 Å². The fourth-order valence-corrected chi connectivity index (χ4v) is 6.44. The number of likely N-dealkylation sites (tertiary alicyclic amines) is 1. The van der Waals surface area contributed by atoms with Crippen molar-refractivity contribution in [1.82, 2.24) is 19.7 Å². The molecule has 0 spiro atoms. The number of nitrogens with zero attached hydrogens (tertiary/aromatic N) is 4. The van der Waals surface area contributed by atoms with E-state index in [2.05, 4.69) is 10.2 Å². The van der Waals surface area contributed by atoms with Gasteiger partial charge in [-0.25, -0.2) is 8.78 Å². The van der Waals surface area contributed by atoms with E-state index in [0.29, 0.717) is 44.3 Å². The molecule has 0 bridgehead atoms. The molecule has 3 heterocycles. The first-order chi connectivity index (χ1) is 19.8. The predicted molar refractivity (Wildman–Crippen MR) is 143 cm³/mol. The molecule has 42 heavy (non-hydrogen) atoms. The number of rotatable bonds is 7. The molecule has 2 fully saturated rings. The number of benzene rings is 1. The first kappa shape index (κ1) is 29.8. The van der Waals surface area contributed by atoms with Gasteiger partial charge in [0.25, 0.3) is 0 Å². The third kappa shape index (κ3) is 5.57. The summed E-state index contributed by atoms with van der Waals surface area (Å²) >= 11 is 0. The molecule has 1 saturated carbocycles. The van der Waals surface area contributed by atoms with Gasteiger partial charge in [-0.05, 0) is 69.1 Å². The largest absolute Gasteiger partial charge is 0.401 e. The van der Waals surface area contributed by atoms with Gasteiger partial charge >= 0.3 is 6.18 Å². The summed E-state index contributed by atoms with van der Waals surface area (Å²) in [5.74, 6) is -4.25. The molecule has 13 heteroatoms. The number of amides is 2. The second-order valence-electron chi connectivity index (χ2n) is 11.7. The summed E-state index contributed by atoms with van der Waals surface area (Å²) in [4.78, 5) is 27.0. The summed E-state index contributed by atoms with van der Waals surface area (Å²) in [5.41, 5.74) is 4.01. The Kier molecular flexibility index (Phi) is 7.97. The number of aromatic nitrogens is 3. The Hall–Kier alpha value is -3.64. The molecule has 226 valence electrons. The summed E-state index contributed by atoms with van der Waals surface area (Å²) in [7, 11) is 0. The van der Waals surface area contributed by atoms with E-state index in [1.54, 1.807) is 11.8 Å². The summed E-state index contributed by atoms with van der Waals surface area (Å²) in [6.07, 6.45) is -1.79. The monoisotopic (exact) mass is 592 g/mol. The lowest BCUT2D eigenvalue weighted by molar-refractivity contribution is -0.163. The average Bonchev–Trinajstić information content (AvgIpc) is 3.68. The number of carbonyl (C=O) groups is 2. The molecule has 0 unspecified atom stereocenters. The molecule has 1 saturated heterocycles. The highest BCUT2D eigenvalue weighted by atomic mass is 19.4. The lowest BCUT2D eigenvalue weighted by Gasteiger charge is -2.33. The number of allylic oxidation sites excluding steroid dienone is 1. The zero-order chi connectivity index (χ0) is 30.4. The van der Waals surface area contributed by atoms with E-state index in [1.165, 1.54) is 22.8 Å². The third-order valence-corrected chi connectivity index (χ3v) is 8.92. The molecule has 3 N–H and O–H groups in total. The van der Waals surface area contributed by atoms with Crippen LogP contribution in [0.4, 0.5) is 22.0 Å². The molecule has 1 aromatic heterocycles. The topological polar surface area (TPSA) is 118 Å². The Balaban J connectivity index is 1.39. The van der Waals surface area contributed by atoms with Crippen molar-refractivity contribution >= 4 is 17.5 Å². The molecule has 2 amide bonds. The maximum Gasteiger partial charge on any atom is 0.401 e. The quantitative estimate of drug-likeness (QED) is 0.270. The summed E-state index contributed by atoms with van der Waals surface area (Å²) in [6, 6.07) is 3.80. The minimum absolute atomic E-state index is 0.0295. The number of carbonyl (C=O) groups excluding carboxylic acids is 2. The van der Waals surface area contributed by atoms with Crippen molar-refractivity contribution in [3.8, 4) is 0 Å². The Labute approximate surface area is 239 Å². The first-order valence-corrected chi connectivity index (χ1v) is 14.1. The van der Waals surface area contributed by atoms with Crippen LogP contribution >= 0.6 is 0 Å². The zero-order valence-electron chi connectivity index (χ0n) is 23.2. The van der Waals surface area contributed by atoms with Gasteiger partial charge in [0, 0.05) is 49.2 Å². The van der Waals surface area contributed by atoms with Gasteiger partial charge in [0.15, 0.2) is 11.6 Å². The average molecular weight is 593 g/mol. The van der Waals surface area contributed by atoms with Crippen LogP contribution in [-0.4, -0.2) is 56.5 Å². The van der Waals surface area contributed by atoms with Gasteiger partial charge in [-0.15, -0.1) is 10.2 Å². The Morgan fingerprint density at radius 1 is 1.12 bits per heavy atom. The third-order valence-electron chi connectivity index (χ3n) is 8.92. The fraction of sp³-hybridized carbons (Fsp3) is 0.552. The maximum absolute atomic E-state index is 14.8. The molecule has 1 aromatic carbocycles. The molecule has 5 rings (SSSR count). The summed E-state index contributed by atoms with van der Waals surface area (Å²) < 4.78 is 72.7. The number of piperidine rings is 1. The molecular formula is C29H33F5N6O2. The normalized spacial score (nSPS) is 22.8. The van der Waals surface area contributed by atoms with E-state index in [4.69, 9.17) is 11.1 Å². The van der Waals surface area contributed by atoms with Gasteiger partial charge in [-0.2, -0.15) is 13.2 Å². The van der Waals surface area contributed by atoms with Crippen molar-refractivity contribution in [1.29, 1.82) is 5.41 Å². The minimum atomic E-state index is -4.55. The summed E-state index contributed by atoms with van der Waals surface area (Å²) in [6.45, 7) is 2.19. The summed E-state index contributed by atoms with van der Waals surface area (Å²) in [5, 5.41) is 15.8. The highest BCUT2D eigenvalue weighted by Crippen LogP contribution is 2.59. The number of halogens is 5. The van der Waals surface area contributed by atoms with Crippen LogP contribution < -0.4 is 5.73 Å². The van der Waals surface area contributed by atoms with Crippen LogP contribution in [0.3, 0.4) is 0 Å². The molecule has 8 nitrogen and oxygen atoms in total. The lowest BCUT2D eigenvalue weighted by Crippen LogP contribution is -2.40. The van der Waals surface area contributed by atoms with Crippen molar-refractivity contribution in [2.45, 2.75) is 81.8 Å². The number of alkyl halides is 3. The van der Waals surface area contributed by atoms with E-state index in [-0.39, 0.29) is 60.6 Å². The lowest BCUT2D eigenvalue weighted by atomic mass is 9.87. The maximum atomic E-state index is 14.8. The standard InChI is InChI=1S/C29H33F5N6O2/c1-16(35)13-21(25(36)42)17-7-11-39(12-8-17)23(41)14-18-5-6-19(20-3-2-4-22(30)24(20)31)15-40-26(18)37-38-27(40)28(9-10-28)29(32,33)34/h2-4,13,17-19,35H,5-12,14-15H2,1H3,(H2,36,42)/b21-13-,35-16?/t18-,19+/m0/s1. The van der Waals surface area contributed by atoms with Crippen LogP contribution in [0.2, 0.25) is 0 Å². The van der Waals surface area contributed by atoms with Gasteiger partial charge < -0.3 is 20.6 Å². The predicted octanol–water partition coefficient (Wildman–Crippen LogP) is 4.89. The number of hydrogen-bond donors (Lipinski definition) is 2. The van der Waals surface area contributed by atoms with Crippen molar-refractivity contribution in [3.63, 3.8) is 0 Å². The van der Waals surface area contributed by atoms with E-state index >= 15 is 0 Å². The second kappa shape index (κ2) is 11.2. The molecule has 2 atom stereocenters. The number of fused-ring (bicyclic) bond motifs is 1. The SMILES string of the molecule is CC(=N)/C=C(\C(N)=O)C1CCN(C(=O)C[C@@H]2CC[C@@H](c3cccc(F)c3F)Cn3c2nnc3C2(C(F)(F)F)CC2)CC1. The van der Waals surface area contributed by atoms with Crippen molar-refractivity contribution in [2.75, 3.05) is 13.1 Å². The van der Waals surface area contributed by atoms with Gasteiger partial charge in [0.1, 0.15) is 17.1 Å². The van der Waals surface area contributed by atoms with Crippen LogP contribution in [0.15, 0.2) is 29.8 Å². The molecular weight excluding hydrogens is 559 g/mol. The van der Waals surface area contributed by atoms with Crippen LogP contribution in [0, 0.1) is 23.0 Å². The highest BCUT2D eigenvalue weighted by molar-refractivity contribution is 6.01. The van der Waals surface area contributed by atoms with Crippen molar-refractivity contribution in [2.24, 2.45) is 11.7 Å². The number of primary amides is 1. The fourth-order valence-electron chi connectivity index (χ4n) is 6.44. The highest BCUT2D eigenvalue weighted by Gasteiger charge is 2.67. The smallest absolute Gasteiger partial charge is 0.366 e. The van der Waals surface area contributed by atoms with Crippen molar-refractivity contribution < 1.29 is 31.5 Å². The van der Waals surface area contributed by atoms with Crippen molar-refractivity contribution in [3.05, 3.63) is 58.7 Å². The number of hydrogen-bond acceptors (Lipinski definition) is 5. The Morgan fingerprint density at radius 3 is 2.40 bits per heavy atom. The minimum Gasteiger partial charge on any atom is -0.366 e. The van der Waals surface area contributed by atoms with Crippen LogP contribution in [0.1, 0.15) is 80.9 Å². The van der Waals surface area contributed by atoms with E-state index < -0.39 is 41.0 Å². The van der Waals surface area contributed by atoms with Crippen LogP contribution in [-0.2, 0) is 21.5 Å². The van der Waals surface area contributed by atoms with Gasteiger partial charge in [0.2, 0.25) is 11.8 Å². The molecule has 1 aliphatic carbocycles. The van der Waals surface area contributed by atoms with E-state index in [1.807, 2.05) is 0 Å².